The molecule has 6 atom stereocenters. The predicted molar refractivity (Wildman–Crippen MR) is 125 cm³/mol. The Morgan fingerprint density at radius 3 is 2.36 bits per heavy atom. The summed E-state index contributed by atoms with van der Waals surface area (Å²) in [5.41, 5.74) is 0.422. The van der Waals surface area contributed by atoms with Gasteiger partial charge < -0.3 is 14.2 Å². The molecule has 3 rings (SSSR count). The van der Waals surface area contributed by atoms with Gasteiger partial charge in [0.05, 0.1) is 13.0 Å². The van der Waals surface area contributed by atoms with Gasteiger partial charge in [-0.05, 0) is 49.2 Å². The van der Waals surface area contributed by atoms with E-state index in [1.807, 2.05) is 30.3 Å². The minimum Gasteiger partial charge on any atom is -0.469 e. The first-order chi connectivity index (χ1) is 15.7. The zero-order chi connectivity index (χ0) is 24.2. The molecular formula is C27H36O6. The van der Waals surface area contributed by atoms with Crippen LogP contribution in [0, 0.1) is 29.1 Å². The first-order valence-corrected chi connectivity index (χ1v) is 11.9. The van der Waals surface area contributed by atoms with Crippen LogP contribution in [0.3, 0.4) is 0 Å². The Bertz CT molecular complexity index is 876. The predicted octanol–water partition coefficient (Wildman–Crippen LogP) is 4.81. The van der Waals surface area contributed by atoms with E-state index in [1.54, 1.807) is 6.08 Å². The molecule has 0 amide bonds. The van der Waals surface area contributed by atoms with Crippen molar-refractivity contribution in [2.24, 2.45) is 29.1 Å². The lowest BCUT2D eigenvalue weighted by atomic mass is 9.51. The summed E-state index contributed by atoms with van der Waals surface area (Å²) in [7, 11) is 1.39. The van der Waals surface area contributed by atoms with E-state index in [1.165, 1.54) is 20.1 Å². The Balaban J connectivity index is 1.95. The Labute approximate surface area is 196 Å². The Hall–Kier alpha value is -2.63. The second-order valence-corrected chi connectivity index (χ2v) is 9.93. The highest BCUT2D eigenvalue weighted by Gasteiger charge is 2.60. The van der Waals surface area contributed by atoms with Gasteiger partial charge in [-0.2, -0.15) is 0 Å². The van der Waals surface area contributed by atoms with Crippen LogP contribution in [0.25, 0.3) is 6.08 Å². The summed E-state index contributed by atoms with van der Waals surface area (Å²) in [6, 6.07) is 9.56. The summed E-state index contributed by atoms with van der Waals surface area (Å²) in [5, 5.41) is 0. The maximum Gasteiger partial charge on any atom is 0.331 e. The molecule has 0 aliphatic heterocycles. The van der Waals surface area contributed by atoms with Crippen molar-refractivity contribution in [2.75, 3.05) is 7.11 Å². The number of carbonyl (C=O) groups is 3. The van der Waals surface area contributed by atoms with Crippen molar-refractivity contribution >= 4 is 24.0 Å². The van der Waals surface area contributed by atoms with Gasteiger partial charge in [0.15, 0.2) is 0 Å². The molecule has 0 bridgehead atoms. The molecule has 0 radical (unpaired) electrons. The number of benzene rings is 1. The maximum absolute atomic E-state index is 12.9. The lowest BCUT2D eigenvalue weighted by Gasteiger charge is -2.56. The number of esters is 3. The average Bonchev–Trinajstić information content (AvgIpc) is 2.78. The summed E-state index contributed by atoms with van der Waals surface area (Å²) in [5.74, 6) is -1.41. The average molecular weight is 457 g/mol. The van der Waals surface area contributed by atoms with Crippen molar-refractivity contribution in [2.45, 2.75) is 65.6 Å². The molecule has 2 aliphatic carbocycles. The third kappa shape index (κ3) is 5.48. The van der Waals surface area contributed by atoms with E-state index in [4.69, 9.17) is 14.2 Å². The lowest BCUT2D eigenvalue weighted by molar-refractivity contribution is -0.206. The van der Waals surface area contributed by atoms with Crippen molar-refractivity contribution in [3.8, 4) is 0 Å². The molecule has 0 N–H and O–H groups in total. The number of fused-ring (bicyclic) bond motifs is 1. The first-order valence-electron chi connectivity index (χ1n) is 11.9. The van der Waals surface area contributed by atoms with Gasteiger partial charge in [0.1, 0.15) is 12.2 Å². The highest BCUT2D eigenvalue weighted by Crippen LogP contribution is 2.57. The molecule has 180 valence electrons. The fraction of sp³-hybridized carbons (Fsp3) is 0.593. The van der Waals surface area contributed by atoms with Crippen LogP contribution >= 0.6 is 0 Å². The molecule has 2 fully saturated rings. The molecule has 2 saturated carbocycles. The third-order valence-electron chi connectivity index (χ3n) is 7.59. The molecule has 0 saturated heterocycles. The second-order valence-electron chi connectivity index (χ2n) is 9.93. The van der Waals surface area contributed by atoms with Crippen molar-refractivity contribution in [1.29, 1.82) is 0 Å². The molecule has 1 aromatic rings. The van der Waals surface area contributed by atoms with E-state index in [2.05, 4.69) is 20.8 Å². The minimum atomic E-state index is -0.484. The van der Waals surface area contributed by atoms with E-state index in [-0.39, 0.29) is 35.8 Å². The summed E-state index contributed by atoms with van der Waals surface area (Å²) in [6.45, 7) is 7.72. The zero-order valence-electron chi connectivity index (χ0n) is 20.3. The van der Waals surface area contributed by atoms with E-state index < -0.39 is 23.4 Å². The van der Waals surface area contributed by atoms with E-state index in [0.29, 0.717) is 12.8 Å². The minimum absolute atomic E-state index is 0.0976. The van der Waals surface area contributed by atoms with Crippen molar-refractivity contribution in [1.82, 2.24) is 0 Å². The second kappa shape index (κ2) is 10.5. The van der Waals surface area contributed by atoms with Crippen LogP contribution in [-0.4, -0.2) is 37.2 Å². The van der Waals surface area contributed by atoms with Gasteiger partial charge >= 0.3 is 17.9 Å². The van der Waals surface area contributed by atoms with Crippen LogP contribution in [0.1, 0.15) is 58.9 Å². The number of hydrogen-bond acceptors (Lipinski definition) is 6. The fourth-order valence-corrected chi connectivity index (χ4v) is 5.94. The van der Waals surface area contributed by atoms with Gasteiger partial charge in [-0.25, -0.2) is 4.79 Å². The number of carbonyl (C=O) groups excluding carboxylic acids is 3. The Kier molecular flexibility index (Phi) is 7.98. The molecule has 6 nitrogen and oxygen atoms in total. The topological polar surface area (TPSA) is 78.9 Å². The molecule has 6 heteroatoms. The van der Waals surface area contributed by atoms with Gasteiger partial charge in [-0.1, -0.05) is 51.1 Å². The van der Waals surface area contributed by atoms with Crippen LogP contribution in [-0.2, 0) is 28.6 Å². The smallest absolute Gasteiger partial charge is 0.331 e. The van der Waals surface area contributed by atoms with Crippen LogP contribution in [0.15, 0.2) is 36.4 Å². The Morgan fingerprint density at radius 1 is 1.06 bits per heavy atom. The van der Waals surface area contributed by atoms with Crippen molar-refractivity contribution in [3.63, 3.8) is 0 Å². The fourth-order valence-electron chi connectivity index (χ4n) is 5.94. The molecule has 1 aromatic carbocycles. The third-order valence-corrected chi connectivity index (χ3v) is 7.59. The SMILES string of the molecule is COC(=O)[C@H]1CC[C@H](OC(C)=O)[C@]2(C)CC[C@@H](C(C)C)[C@@H](OC(=O)/C=C/c3ccccc3)C12. The molecule has 1 unspecified atom stereocenters. The molecule has 2 aliphatic rings. The monoisotopic (exact) mass is 456 g/mol. The van der Waals surface area contributed by atoms with E-state index in [9.17, 15) is 14.4 Å². The molecule has 0 aromatic heterocycles. The quantitative estimate of drug-likeness (QED) is 0.347. The van der Waals surface area contributed by atoms with E-state index >= 15 is 0 Å². The molecule has 33 heavy (non-hydrogen) atoms. The van der Waals surface area contributed by atoms with E-state index in [0.717, 1.165) is 18.4 Å². The van der Waals surface area contributed by atoms with Gasteiger partial charge in [-0.15, -0.1) is 0 Å². The highest BCUT2D eigenvalue weighted by atomic mass is 16.6. The van der Waals surface area contributed by atoms with Gasteiger partial charge in [0, 0.05) is 24.3 Å². The summed E-state index contributed by atoms with van der Waals surface area (Å²) >= 11 is 0. The summed E-state index contributed by atoms with van der Waals surface area (Å²) < 4.78 is 17.0. The number of hydrogen-bond donors (Lipinski definition) is 0. The van der Waals surface area contributed by atoms with Gasteiger partial charge in [0.25, 0.3) is 0 Å². The highest BCUT2D eigenvalue weighted by molar-refractivity contribution is 5.87. The number of rotatable bonds is 6. The first kappa shape index (κ1) is 25.0. The molecular weight excluding hydrogens is 420 g/mol. The lowest BCUT2D eigenvalue weighted by Crippen LogP contribution is -2.60. The van der Waals surface area contributed by atoms with Gasteiger partial charge in [0.2, 0.25) is 0 Å². The van der Waals surface area contributed by atoms with Crippen LogP contribution < -0.4 is 0 Å². The molecule has 0 heterocycles. The van der Waals surface area contributed by atoms with Crippen LogP contribution in [0.4, 0.5) is 0 Å². The number of ether oxygens (including phenoxy) is 3. The molecule has 0 spiro atoms. The summed E-state index contributed by atoms with van der Waals surface area (Å²) in [6.07, 6.45) is 5.12. The normalized spacial score (nSPS) is 31.6. The number of methoxy groups -OCH3 is 1. The standard InChI is InChI=1S/C27H36O6/c1-17(2)20-15-16-27(4)22(32-18(3)28)13-12-21(26(30)31-5)24(27)25(20)33-23(29)14-11-19-9-7-6-8-10-19/h6-11,14,17,20-22,24-25H,12-13,15-16H2,1-5H3/b14-11+/t20-,21-,22-,24?,25+,27-/m0/s1. The maximum atomic E-state index is 12.9. The largest absolute Gasteiger partial charge is 0.469 e. The Morgan fingerprint density at radius 2 is 1.76 bits per heavy atom. The van der Waals surface area contributed by atoms with Crippen molar-refractivity contribution in [3.05, 3.63) is 42.0 Å². The van der Waals surface area contributed by atoms with Crippen LogP contribution in [0.2, 0.25) is 0 Å². The van der Waals surface area contributed by atoms with Crippen molar-refractivity contribution < 1.29 is 28.6 Å². The summed E-state index contributed by atoms with van der Waals surface area (Å²) in [4.78, 5) is 37.6. The van der Waals surface area contributed by atoms with Gasteiger partial charge in [-0.3, -0.25) is 9.59 Å². The zero-order valence-corrected chi connectivity index (χ0v) is 20.3. The van der Waals surface area contributed by atoms with Crippen LogP contribution in [0.5, 0.6) is 0 Å².